The minimum atomic E-state index is -4.33. The maximum absolute atomic E-state index is 12.7. The zero-order chi connectivity index (χ0) is 17.0. The molecule has 1 aromatic heterocycles. The molecule has 0 fully saturated rings. The largest absolute Gasteiger partial charge is 0.416 e. The van der Waals surface area contributed by atoms with E-state index < -0.39 is 11.7 Å². The Kier molecular flexibility index (Phi) is 5.41. The first kappa shape index (κ1) is 17.5. The average molecular weight is 327 g/mol. The Balaban J connectivity index is 2.06. The van der Waals surface area contributed by atoms with Gasteiger partial charge in [0.05, 0.1) is 5.56 Å². The summed E-state index contributed by atoms with van der Waals surface area (Å²) >= 11 is 0. The van der Waals surface area contributed by atoms with Crippen molar-refractivity contribution in [2.45, 2.75) is 44.8 Å². The predicted octanol–water partition coefficient (Wildman–Crippen LogP) is 3.59. The van der Waals surface area contributed by atoms with Crippen LogP contribution in [0, 0.1) is 0 Å². The molecular weight excluding hydrogens is 307 g/mol. The van der Waals surface area contributed by atoms with E-state index in [1.807, 2.05) is 20.9 Å². The van der Waals surface area contributed by atoms with Gasteiger partial charge in [0.25, 0.3) is 0 Å². The van der Waals surface area contributed by atoms with Crippen LogP contribution in [0.25, 0.3) is 0 Å². The molecule has 2 aromatic rings. The highest BCUT2D eigenvalue weighted by Gasteiger charge is 2.30. The van der Waals surface area contributed by atoms with E-state index in [4.69, 9.17) is 4.52 Å². The van der Waals surface area contributed by atoms with Crippen LogP contribution < -0.4 is 5.32 Å². The number of rotatable bonds is 6. The van der Waals surface area contributed by atoms with E-state index in [0.717, 1.165) is 12.1 Å². The minimum absolute atomic E-state index is 0.148. The van der Waals surface area contributed by atoms with Crippen LogP contribution in [0.2, 0.25) is 0 Å². The van der Waals surface area contributed by atoms with Gasteiger partial charge in [0.15, 0.2) is 5.82 Å². The smallest absolute Gasteiger partial charge is 0.339 e. The zero-order valence-electron chi connectivity index (χ0n) is 13.3. The Morgan fingerprint density at radius 3 is 2.61 bits per heavy atom. The van der Waals surface area contributed by atoms with Crippen molar-refractivity contribution in [2.75, 3.05) is 7.05 Å². The number of aromatic nitrogens is 2. The van der Waals surface area contributed by atoms with Gasteiger partial charge in [0.2, 0.25) is 5.89 Å². The first-order valence-electron chi connectivity index (χ1n) is 7.45. The maximum atomic E-state index is 12.7. The van der Waals surface area contributed by atoms with Crippen molar-refractivity contribution in [1.82, 2.24) is 15.5 Å². The number of likely N-dealkylation sites (N-methyl/N-ethyl adjacent to an activating group) is 1. The summed E-state index contributed by atoms with van der Waals surface area (Å²) in [5.41, 5.74) is -0.0491. The second-order valence-electron chi connectivity index (χ2n) is 5.75. The average Bonchev–Trinajstić information content (AvgIpc) is 2.95. The fourth-order valence-corrected chi connectivity index (χ4v) is 2.24. The fourth-order valence-electron chi connectivity index (χ4n) is 2.24. The lowest BCUT2D eigenvalue weighted by atomic mass is 9.99. The predicted molar refractivity (Wildman–Crippen MR) is 80.1 cm³/mol. The van der Waals surface area contributed by atoms with Gasteiger partial charge in [0, 0.05) is 18.4 Å². The molecule has 0 radical (unpaired) electrons. The van der Waals surface area contributed by atoms with Crippen LogP contribution in [0.15, 0.2) is 28.8 Å². The Morgan fingerprint density at radius 2 is 1.96 bits per heavy atom. The van der Waals surface area contributed by atoms with E-state index in [1.54, 1.807) is 6.07 Å². The van der Waals surface area contributed by atoms with E-state index in [-0.39, 0.29) is 12.0 Å². The van der Waals surface area contributed by atoms with E-state index >= 15 is 0 Å². The molecule has 0 aliphatic carbocycles. The van der Waals surface area contributed by atoms with Crippen LogP contribution in [0.5, 0.6) is 0 Å². The number of nitrogens with zero attached hydrogens (tertiary/aromatic N) is 2. The second kappa shape index (κ2) is 7.12. The first-order valence-corrected chi connectivity index (χ1v) is 7.45. The van der Waals surface area contributed by atoms with Crippen molar-refractivity contribution in [3.63, 3.8) is 0 Å². The van der Waals surface area contributed by atoms with E-state index in [0.29, 0.717) is 30.1 Å². The third-order valence-corrected chi connectivity index (χ3v) is 3.68. The highest BCUT2D eigenvalue weighted by atomic mass is 19.4. The molecule has 1 N–H and O–H groups in total. The normalized spacial score (nSPS) is 14.7. The lowest BCUT2D eigenvalue weighted by Gasteiger charge is -2.10. The molecule has 0 saturated heterocycles. The number of halogens is 3. The monoisotopic (exact) mass is 327 g/mol. The molecule has 0 bridgehead atoms. The van der Waals surface area contributed by atoms with Crippen molar-refractivity contribution >= 4 is 0 Å². The number of nitrogens with one attached hydrogen (secondary N) is 1. The van der Waals surface area contributed by atoms with Gasteiger partial charge in [0.1, 0.15) is 0 Å². The van der Waals surface area contributed by atoms with Gasteiger partial charge in [-0.2, -0.15) is 18.2 Å². The molecule has 2 unspecified atom stereocenters. The summed E-state index contributed by atoms with van der Waals surface area (Å²) in [4.78, 5) is 4.33. The van der Waals surface area contributed by atoms with Crippen LogP contribution in [0.4, 0.5) is 13.2 Å². The van der Waals surface area contributed by atoms with Crippen LogP contribution in [0.3, 0.4) is 0 Å². The summed E-state index contributed by atoms with van der Waals surface area (Å²) in [6.45, 7) is 3.86. The molecule has 1 heterocycles. The van der Waals surface area contributed by atoms with Crippen LogP contribution in [0.1, 0.15) is 42.6 Å². The summed E-state index contributed by atoms with van der Waals surface area (Å²) < 4.78 is 43.4. The van der Waals surface area contributed by atoms with Crippen molar-refractivity contribution in [2.24, 2.45) is 0 Å². The fraction of sp³-hybridized carbons (Fsp3) is 0.500. The quantitative estimate of drug-likeness (QED) is 0.881. The Hall–Kier alpha value is -1.89. The van der Waals surface area contributed by atoms with Crippen molar-refractivity contribution in [3.8, 4) is 0 Å². The molecule has 0 aliphatic heterocycles. The van der Waals surface area contributed by atoms with Crippen LogP contribution in [-0.2, 0) is 19.0 Å². The van der Waals surface area contributed by atoms with Gasteiger partial charge < -0.3 is 9.84 Å². The van der Waals surface area contributed by atoms with Gasteiger partial charge >= 0.3 is 6.18 Å². The molecule has 0 spiro atoms. The highest BCUT2D eigenvalue weighted by molar-refractivity contribution is 5.26. The lowest BCUT2D eigenvalue weighted by Crippen LogP contribution is -2.24. The number of hydrogen-bond donors (Lipinski definition) is 1. The van der Waals surface area contributed by atoms with Gasteiger partial charge in [-0.15, -0.1) is 0 Å². The molecule has 0 aliphatic rings. The molecule has 0 saturated carbocycles. The number of benzene rings is 1. The molecule has 23 heavy (non-hydrogen) atoms. The van der Waals surface area contributed by atoms with Gasteiger partial charge in [-0.1, -0.05) is 30.3 Å². The van der Waals surface area contributed by atoms with Crippen molar-refractivity contribution in [3.05, 3.63) is 47.1 Å². The van der Waals surface area contributed by atoms with Crippen molar-refractivity contribution in [1.29, 1.82) is 0 Å². The highest BCUT2D eigenvalue weighted by Crippen LogP contribution is 2.30. The Labute approximate surface area is 133 Å². The topological polar surface area (TPSA) is 51.0 Å². The van der Waals surface area contributed by atoms with E-state index in [9.17, 15) is 13.2 Å². The van der Waals surface area contributed by atoms with E-state index in [1.165, 1.54) is 6.07 Å². The molecule has 4 nitrogen and oxygen atoms in total. The van der Waals surface area contributed by atoms with Gasteiger partial charge in [-0.3, -0.25) is 0 Å². The van der Waals surface area contributed by atoms with Crippen molar-refractivity contribution < 1.29 is 17.7 Å². The third kappa shape index (κ3) is 4.79. The third-order valence-electron chi connectivity index (χ3n) is 3.68. The first-order chi connectivity index (χ1) is 10.8. The Morgan fingerprint density at radius 1 is 1.22 bits per heavy atom. The molecule has 1 aromatic carbocycles. The number of alkyl halides is 3. The summed E-state index contributed by atoms with van der Waals surface area (Å²) in [5, 5.41) is 7.00. The van der Waals surface area contributed by atoms with E-state index in [2.05, 4.69) is 15.5 Å². The molecule has 126 valence electrons. The minimum Gasteiger partial charge on any atom is -0.339 e. The SMILES string of the molecule is CNC(C)Cc1noc(C(C)Cc2cccc(C(F)(F)F)c2)n1. The Bertz CT molecular complexity index is 639. The van der Waals surface area contributed by atoms with Gasteiger partial charge in [-0.25, -0.2) is 0 Å². The standard InChI is InChI=1S/C16H20F3N3O/c1-10(15-21-14(22-23-15)8-11(2)20-3)7-12-5-4-6-13(9-12)16(17,18)19/h4-6,9-11,20H,7-8H2,1-3H3. The maximum Gasteiger partial charge on any atom is 0.416 e. The molecule has 7 heteroatoms. The summed E-state index contributed by atoms with van der Waals surface area (Å²) in [6.07, 6.45) is -3.29. The van der Waals surface area contributed by atoms with Crippen LogP contribution in [-0.4, -0.2) is 23.2 Å². The number of hydrogen-bond acceptors (Lipinski definition) is 4. The summed E-state index contributed by atoms with van der Waals surface area (Å²) in [7, 11) is 1.85. The molecule has 0 amide bonds. The summed E-state index contributed by atoms with van der Waals surface area (Å²) in [6, 6.07) is 5.54. The molecule has 2 rings (SSSR count). The summed E-state index contributed by atoms with van der Waals surface area (Å²) in [5.74, 6) is 0.892. The van der Waals surface area contributed by atoms with Crippen LogP contribution >= 0.6 is 0 Å². The zero-order valence-corrected chi connectivity index (χ0v) is 13.3. The molecular formula is C16H20F3N3O. The lowest BCUT2D eigenvalue weighted by molar-refractivity contribution is -0.137. The second-order valence-corrected chi connectivity index (χ2v) is 5.75. The molecule has 2 atom stereocenters. The van der Waals surface area contributed by atoms with Gasteiger partial charge in [-0.05, 0) is 32.0 Å².